The Balaban J connectivity index is 1.78. The SMILES string of the molecule is CCN(CC)P(=O)(Oc1ccc2cc3ccccc3cc2c1)c1ccc(C)cc1. The van der Waals surface area contributed by atoms with Gasteiger partial charge in [-0.1, -0.05) is 61.9 Å². The van der Waals surface area contributed by atoms with E-state index in [1.165, 1.54) is 10.8 Å². The van der Waals surface area contributed by atoms with Gasteiger partial charge in [0, 0.05) is 13.1 Å². The molecule has 0 fully saturated rings. The van der Waals surface area contributed by atoms with E-state index in [9.17, 15) is 4.57 Å². The number of aryl methyl sites for hydroxylation is 1. The molecule has 4 aromatic carbocycles. The first kappa shape index (κ1) is 19.7. The molecule has 0 spiro atoms. The maximum atomic E-state index is 14.1. The first-order chi connectivity index (χ1) is 14.0. The molecule has 0 N–H and O–H groups in total. The molecule has 4 rings (SSSR count). The van der Waals surface area contributed by atoms with E-state index in [4.69, 9.17) is 4.52 Å². The zero-order valence-electron chi connectivity index (χ0n) is 17.1. The van der Waals surface area contributed by atoms with Crippen molar-refractivity contribution in [2.24, 2.45) is 0 Å². The molecule has 1 unspecified atom stereocenters. The lowest BCUT2D eigenvalue weighted by atomic mass is 10.0. The zero-order chi connectivity index (χ0) is 20.4. The molecule has 0 amide bonds. The van der Waals surface area contributed by atoms with Gasteiger partial charge in [-0.25, -0.2) is 4.67 Å². The van der Waals surface area contributed by atoms with Crippen molar-refractivity contribution < 1.29 is 9.09 Å². The van der Waals surface area contributed by atoms with Gasteiger partial charge in [0.25, 0.3) is 0 Å². The Morgan fingerprint density at radius 1 is 0.759 bits per heavy atom. The molecule has 0 aliphatic rings. The second-order valence-electron chi connectivity index (χ2n) is 7.29. The maximum Gasteiger partial charge on any atom is 0.349 e. The third-order valence-electron chi connectivity index (χ3n) is 5.37. The van der Waals surface area contributed by atoms with E-state index in [1.54, 1.807) is 0 Å². The lowest BCUT2D eigenvalue weighted by Gasteiger charge is -2.30. The molecule has 29 heavy (non-hydrogen) atoms. The van der Waals surface area contributed by atoms with Crippen LogP contribution in [0.2, 0.25) is 0 Å². The first-order valence-corrected chi connectivity index (χ1v) is 11.7. The van der Waals surface area contributed by atoms with Crippen LogP contribution in [-0.4, -0.2) is 17.8 Å². The van der Waals surface area contributed by atoms with Crippen LogP contribution < -0.4 is 9.83 Å². The van der Waals surface area contributed by atoms with Crippen LogP contribution in [0, 0.1) is 6.92 Å². The molecule has 0 bridgehead atoms. The molecule has 0 heterocycles. The van der Waals surface area contributed by atoms with Crippen LogP contribution in [-0.2, 0) is 4.57 Å². The number of nitrogens with zero attached hydrogens (tertiary/aromatic N) is 1. The van der Waals surface area contributed by atoms with Crippen LogP contribution in [0.4, 0.5) is 0 Å². The van der Waals surface area contributed by atoms with Crippen LogP contribution in [0.25, 0.3) is 21.5 Å². The Labute approximate surface area is 172 Å². The highest BCUT2D eigenvalue weighted by Gasteiger charge is 2.33. The lowest BCUT2D eigenvalue weighted by molar-refractivity contribution is 0.381. The number of rotatable bonds is 6. The summed E-state index contributed by atoms with van der Waals surface area (Å²) in [5.41, 5.74) is 1.14. The smallest absolute Gasteiger partial charge is 0.349 e. The molecule has 0 aliphatic heterocycles. The molecule has 0 aromatic heterocycles. The number of benzene rings is 4. The molecular formula is C25H26NO2P. The van der Waals surface area contributed by atoms with Crippen molar-refractivity contribution in [1.82, 2.24) is 4.67 Å². The molecule has 1 atom stereocenters. The van der Waals surface area contributed by atoms with Gasteiger partial charge in [-0.15, -0.1) is 0 Å². The summed E-state index contributed by atoms with van der Waals surface area (Å²) in [7, 11) is -3.22. The van der Waals surface area contributed by atoms with Gasteiger partial charge in [-0.3, -0.25) is 4.57 Å². The van der Waals surface area contributed by atoms with Crippen molar-refractivity contribution in [2.75, 3.05) is 13.1 Å². The predicted molar refractivity (Wildman–Crippen MR) is 123 cm³/mol. The average Bonchev–Trinajstić information content (AvgIpc) is 2.73. The van der Waals surface area contributed by atoms with Crippen molar-refractivity contribution >= 4 is 34.4 Å². The minimum absolute atomic E-state index is 0.628. The normalized spacial score (nSPS) is 13.7. The van der Waals surface area contributed by atoms with Gasteiger partial charge in [0.05, 0.1) is 5.30 Å². The van der Waals surface area contributed by atoms with Crippen LogP contribution in [0.1, 0.15) is 19.4 Å². The van der Waals surface area contributed by atoms with Gasteiger partial charge in [0.2, 0.25) is 0 Å². The van der Waals surface area contributed by atoms with Gasteiger partial charge < -0.3 is 4.52 Å². The zero-order valence-corrected chi connectivity index (χ0v) is 18.0. The van der Waals surface area contributed by atoms with E-state index in [2.05, 4.69) is 24.3 Å². The first-order valence-electron chi connectivity index (χ1n) is 10.1. The monoisotopic (exact) mass is 403 g/mol. The van der Waals surface area contributed by atoms with Gasteiger partial charge in [0.15, 0.2) is 0 Å². The summed E-state index contributed by atoms with van der Waals surface area (Å²) in [5.74, 6) is 0.628. The van der Waals surface area contributed by atoms with E-state index < -0.39 is 7.52 Å². The summed E-state index contributed by atoms with van der Waals surface area (Å²) < 4.78 is 22.3. The fraction of sp³-hybridized carbons (Fsp3) is 0.200. The van der Waals surface area contributed by atoms with Crippen LogP contribution in [0.15, 0.2) is 78.9 Å². The highest BCUT2D eigenvalue weighted by Crippen LogP contribution is 2.50. The summed E-state index contributed by atoms with van der Waals surface area (Å²) in [4.78, 5) is 0. The van der Waals surface area contributed by atoms with Crippen molar-refractivity contribution in [3.05, 3.63) is 84.4 Å². The Kier molecular flexibility index (Phi) is 5.45. The standard InChI is InChI=1S/C25H26NO2P/c1-4-26(5-2)29(27,25-14-10-19(3)11-15-25)28-24-13-12-22-16-20-8-6-7-9-21(20)17-23(22)18-24/h6-18H,4-5H2,1-3H3. The quantitative estimate of drug-likeness (QED) is 0.270. The summed E-state index contributed by atoms with van der Waals surface area (Å²) in [6.07, 6.45) is 0. The van der Waals surface area contributed by atoms with E-state index in [-0.39, 0.29) is 0 Å². The second kappa shape index (κ2) is 8.02. The van der Waals surface area contributed by atoms with Crippen LogP contribution in [0.3, 0.4) is 0 Å². The minimum Gasteiger partial charge on any atom is -0.429 e. The molecule has 0 radical (unpaired) electrons. The van der Waals surface area contributed by atoms with E-state index in [1.807, 2.05) is 80.0 Å². The molecule has 4 heteroatoms. The van der Waals surface area contributed by atoms with Gasteiger partial charge >= 0.3 is 7.52 Å². The Hall–Kier alpha value is -2.61. The van der Waals surface area contributed by atoms with Crippen molar-refractivity contribution in [1.29, 1.82) is 0 Å². The topological polar surface area (TPSA) is 29.5 Å². The Bertz CT molecular complexity index is 1200. The lowest BCUT2D eigenvalue weighted by Crippen LogP contribution is -2.29. The molecule has 0 aliphatic carbocycles. The third kappa shape index (κ3) is 3.81. The Morgan fingerprint density at radius 3 is 1.97 bits per heavy atom. The molecular weight excluding hydrogens is 377 g/mol. The van der Waals surface area contributed by atoms with Crippen molar-refractivity contribution in [3.63, 3.8) is 0 Å². The molecule has 4 aromatic rings. The number of hydrogen-bond donors (Lipinski definition) is 0. The number of hydrogen-bond acceptors (Lipinski definition) is 2. The molecule has 148 valence electrons. The summed E-state index contributed by atoms with van der Waals surface area (Å²) in [5, 5.41) is 5.34. The fourth-order valence-electron chi connectivity index (χ4n) is 3.72. The highest BCUT2D eigenvalue weighted by molar-refractivity contribution is 7.65. The minimum atomic E-state index is -3.22. The average molecular weight is 403 g/mol. The van der Waals surface area contributed by atoms with Crippen molar-refractivity contribution in [2.45, 2.75) is 20.8 Å². The van der Waals surface area contributed by atoms with E-state index in [0.717, 1.165) is 21.6 Å². The fourth-order valence-corrected chi connectivity index (χ4v) is 5.94. The second-order valence-corrected chi connectivity index (χ2v) is 9.60. The van der Waals surface area contributed by atoms with Crippen LogP contribution in [0.5, 0.6) is 5.75 Å². The van der Waals surface area contributed by atoms with E-state index >= 15 is 0 Å². The third-order valence-corrected chi connectivity index (χ3v) is 8.09. The maximum absolute atomic E-state index is 14.1. The van der Waals surface area contributed by atoms with Gasteiger partial charge in [-0.2, -0.15) is 0 Å². The molecule has 0 saturated heterocycles. The largest absolute Gasteiger partial charge is 0.429 e. The highest BCUT2D eigenvalue weighted by atomic mass is 31.2. The van der Waals surface area contributed by atoms with Crippen molar-refractivity contribution in [3.8, 4) is 5.75 Å². The van der Waals surface area contributed by atoms with E-state index in [0.29, 0.717) is 18.8 Å². The predicted octanol–water partition coefficient (Wildman–Crippen LogP) is 6.54. The molecule has 3 nitrogen and oxygen atoms in total. The van der Waals surface area contributed by atoms with Gasteiger partial charge in [-0.05, 0) is 64.9 Å². The summed E-state index contributed by atoms with van der Waals surface area (Å²) >= 11 is 0. The number of fused-ring (bicyclic) bond motifs is 2. The molecule has 0 saturated carbocycles. The summed E-state index contributed by atoms with van der Waals surface area (Å²) in [6.45, 7) is 7.36. The Morgan fingerprint density at radius 2 is 1.34 bits per heavy atom. The summed E-state index contributed by atoms with van der Waals surface area (Å²) in [6, 6.07) is 26.4. The van der Waals surface area contributed by atoms with Gasteiger partial charge in [0.1, 0.15) is 5.75 Å². The van der Waals surface area contributed by atoms with Crippen LogP contribution >= 0.6 is 7.52 Å².